The number of fused-ring (bicyclic) bond motifs is 2. The molecule has 88 heavy (non-hydrogen) atoms. The molecule has 0 spiro atoms. The molecule has 0 atom stereocenters. The highest BCUT2D eigenvalue weighted by molar-refractivity contribution is 6.35. The van der Waals surface area contributed by atoms with Crippen LogP contribution in [0.25, 0.3) is 0 Å². The number of hydrogen-bond donors (Lipinski definition) is 0. The Morgan fingerprint density at radius 1 is 0.250 bits per heavy atom. The van der Waals surface area contributed by atoms with E-state index in [1.165, 1.54) is 0 Å². The Kier molecular flexibility index (Phi) is 14.8. The van der Waals surface area contributed by atoms with Gasteiger partial charge < -0.3 is 18.9 Å². The van der Waals surface area contributed by atoms with E-state index in [0.29, 0.717) is 113 Å². The average molecular weight is 1150 g/mol. The number of anilines is 2. The molecule has 0 fully saturated rings. The second-order valence-electron chi connectivity index (χ2n) is 20.3. The van der Waals surface area contributed by atoms with Crippen LogP contribution >= 0.6 is 0 Å². The molecule has 0 aliphatic carbocycles. The molecule has 2 aliphatic heterocycles. The van der Waals surface area contributed by atoms with Gasteiger partial charge in [-0.1, -0.05) is 66.1 Å². The number of hydrogen-bond acceptors (Lipinski definition) is 10. The molecular weight excluding hydrogens is 1100 g/mol. The van der Waals surface area contributed by atoms with Crippen LogP contribution in [0.5, 0.6) is 46.0 Å². The van der Waals surface area contributed by atoms with Crippen LogP contribution in [0, 0.1) is 23.7 Å². The third-order valence-corrected chi connectivity index (χ3v) is 14.4. The molecule has 0 unspecified atom stereocenters. The highest BCUT2D eigenvalue weighted by Crippen LogP contribution is 2.35. The first-order valence-corrected chi connectivity index (χ1v) is 27.7. The lowest BCUT2D eigenvalue weighted by Crippen LogP contribution is -2.29. The van der Waals surface area contributed by atoms with Crippen LogP contribution in [0.3, 0.4) is 0 Å². The molecule has 4 amide bonds. The first-order valence-electron chi connectivity index (χ1n) is 27.7. The summed E-state index contributed by atoms with van der Waals surface area (Å²) in [5, 5.41) is 0. The van der Waals surface area contributed by atoms with Gasteiger partial charge in [0.1, 0.15) is 46.0 Å². The normalized spacial score (nSPS) is 12.0. The van der Waals surface area contributed by atoms with Crippen molar-refractivity contribution in [1.82, 2.24) is 0 Å². The van der Waals surface area contributed by atoms with Crippen molar-refractivity contribution in [3.05, 3.63) is 334 Å². The molecule has 13 rings (SSSR count). The number of carbonyl (C=O) groups is 6. The predicted molar refractivity (Wildman–Crippen MR) is 332 cm³/mol. The standard InChI is InChI=1S/C76H44N2O10/c79-71(53-20-32-59(33-21-53)85-63-40-28-57(29-41-63)77-73(81)67-44-18-51(46-69(67)75(77)83)16-14-49-8-3-1-4-9-49)55-24-36-61(37-25-55)87-65-12-7-13-66(48-65)88-62-38-26-56(27-39-62)72(80)54-22-34-60(35-23-54)86-64-42-30-58(31-43-64)78-74(82)68-45-19-52(47-70(68)76(78)84)17-15-50-10-5-2-6-11-50/h1-13,18-48H. The number of carbonyl (C=O) groups excluding carboxylic acids is 6. The number of ketones is 2. The summed E-state index contributed by atoms with van der Waals surface area (Å²) in [5.74, 6) is 14.1. The Hall–Kier alpha value is -12.6. The second-order valence-corrected chi connectivity index (χ2v) is 20.3. The zero-order valence-electron chi connectivity index (χ0n) is 46.4. The summed E-state index contributed by atoms with van der Waals surface area (Å²) in [5.41, 5.74) is 6.77. The summed E-state index contributed by atoms with van der Waals surface area (Å²) in [6.07, 6.45) is 0. The summed E-state index contributed by atoms with van der Waals surface area (Å²) >= 11 is 0. The minimum Gasteiger partial charge on any atom is -0.457 e. The molecule has 11 aromatic carbocycles. The molecule has 2 aliphatic rings. The maximum Gasteiger partial charge on any atom is 0.266 e. The minimum atomic E-state index is -0.430. The number of amides is 4. The molecular formula is C76H44N2O10. The number of benzene rings is 11. The van der Waals surface area contributed by atoms with E-state index in [0.717, 1.165) is 20.9 Å². The third-order valence-electron chi connectivity index (χ3n) is 14.4. The van der Waals surface area contributed by atoms with Crippen molar-refractivity contribution in [2.75, 3.05) is 9.80 Å². The van der Waals surface area contributed by atoms with Crippen molar-refractivity contribution in [3.63, 3.8) is 0 Å². The van der Waals surface area contributed by atoms with Crippen LogP contribution in [0.15, 0.2) is 267 Å². The zero-order valence-corrected chi connectivity index (χ0v) is 46.4. The quantitative estimate of drug-likeness (QED) is 0.0586. The Labute approximate surface area is 505 Å². The van der Waals surface area contributed by atoms with Gasteiger partial charge in [-0.2, -0.15) is 0 Å². The average Bonchev–Trinajstić information content (AvgIpc) is 1.88. The van der Waals surface area contributed by atoms with Gasteiger partial charge >= 0.3 is 0 Å². The summed E-state index contributed by atoms with van der Waals surface area (Å²) in [6, 6.07) is 76.5. The van der Waals surface area contributed by atoms with E-state index in [-0.39, 0.29) is 11.6 Å². The summed E-state index contributed by atoms with van der Waals surface area (Å²) in [7, 11) is 0. The van der Waals surface area contributed by atoms with Gasteiger partial charge in [0.15, 0.2) is 11.6 Å². The Morgan fingerprint density at radius 3 is 0.864 bits per heavy atom. The third kappa shape index (κ3) is 11.7. The van der Waals surface area contributed by atoms with Crippen molar-refractivity contribution < 1.29 is 47.7 Å². The Bertz CT molecular complexity index is 4400. The lowest BCUT2D eigenvalue weighted by atomic mass is 10.0. The van der Waals surface area contributed by atoms with Crippen LogP contribution in [-0.4, -0.2) is 35.2 Å². The minimum absolute atomic E-state index is 0.197. The number of imide groups is 2. The van der Waals surface area contributed by atoms with Gasteiger partial charge in [-0.25, -0.2) is 9.80 Å². The zero-order chi connectivity index (χ0) is 60.1. The van der Waals surface area contributed by atoms with Gasteiger partial charge in [-0.3, -0.25) is 28.8 Å². The smallest absolute Gasteiger partial charge is 0.266 e. The van der Waals surface area contributed by atoms with Crippen molar-refractivity contribution >= 4 is 46.6 Å². The summed E-state index contributed by atoms with van der Waals surface area (Å²) < 4.78 is 24.4. The molecule has 12 heteroatoms. The Balaban J connectivity index is 0.569. The fourth-order valence-electron chi connectivity index (χ4n) is 9.94. The SMILES string of the molecule is O=C(c1ccc(Oc2ccc(N3C(=O)c4ccc(C#Cc5ccccc5)cc4C3=O)cc2)cc1)c1ccc(Oc2cccc(Oc3ccc(C(=O)c4ccc(Oc5ccc(N6C(=O)c7ccc(C#Cc8ccccc8)cc7C6=O)cc5)cc4)cc3)c2)cc1. The van der Waals surface area contributed by atoms with E-state index in [4.69, 9.17) is 18.9 Å². The molecule has 0 bridgehead atoms. The maximum atomic E-state index is 13.5. The maximum absolute atomic E-state index is 13.5. The molecule has 0 aromatic heterocycles. The van der Waals surface area contributed by atoms with Gasteiger partial charge in [0.05, 0.1) is 33.6 Å². The topological polar surface area (TPSA) is 146 Å². The molecule has 11 aromatic rings. The van der Waals surface area contributed by atoms with E-state index in [1.807, 2.05) is 60.7 Å². The monoisotopic (exact) mass is 1140 g/mol. The fraction of sp³-hybridized carbons (Fsp3) is 0. The number of rotatable bonds is 14. The van der Waals surface area contributed by atoms with Crippen molar-refractivity contribution in [2.24, 2.45) is 0 Å². The largest absolute Gasteiger partial charge is 0.457 e. The van der Waals surface area contributed by atoms with E-state index in [9.17, 15) is 28.8 Å². The van der Waals surface area contributed by atoms with E-state index >= 15 is 0 Å². The summed E-state index contributed by atoms with van der Waals surface area (Å²) in [6.45, 7) is 0. The van der Waals surface area contributed by atoms with Crippen LogP contribution < -0.4 is 28.7 Å². The molecule has 0 saturated heterocycles. The lowest BCUT2D eigenvalue weighted by Gasteiger charge is -2.14. The number of nitrogens with zero attached hydrogens (tertiary/aromatic N) is 2. The second kappa shape index (κ2) is 23.9. The van der Waals surface area contributed by atoms with Crippen LogP contribution in [-0.2, 0) is 0 Å². The molecule has 12 nitrogen and oxygen atoms in total. The van der Waals surface area contributed by atoms with Gasteiger partial charge in [0.25, 0.3) is 23.6 Å². The molecule has 0 saturated carbocycles. The predicted octanol–water partition coefficient (Wildman–Crippen LogP) is 15.7. The van der Waals surface area contributed by atoms with Crippen molar-refractivity contribution in [1.29, 1.82) is 0 Å². The highest BCUT2D eigenvalue weighted by atomic mass is 16.5. The lowest BCUT2D eigenvalue weighted by molar-refractivity contribution is 0.0910. The molecule has 418 valence electrons. The van der Waals surface area contributed by atoms with Gasteiger partial charge in [-0.05, 0) is 218 Å². The Morgan fingerprint density at radius 2 is 0.534 bits per heavy atom. The summed E-state index contributed by atoms with van der Waals surface area (Å²) in [4.78, 5) is 82.9. The van der Waals surface area contributed by atoms with Crippen LogP contribution in [0.2, 0.25) is 0 Å². The van der Waals surface area contributed by atoms with E-state index in [2.05, 4.69) is 23.7 Å². The molecule has 0 N–H and O–H groups in total. The molecule has 0 radical (unpaired) electrons. The fourth-order valence-corrected chi connectivity index (χ4v) is 9.94. The highest BCUT2D eigenvalue weighted by Gasteiger charge is 2.38. The van der Waals surface area contributed by atoms with Gasteiger partial charge in [0, 0.05) is 50.6 Å². The van der Waals surface area contributed by atoms with E-state index in [1.54, 1.807) is 206 Å². The van der Waals surface area contributed by atoms with Crippen LogP contribution in [0.4, 0.5) is 11.4 Å². The van der Waals surface area contributed by atoms with Crippen molar-refractivity contribution in [2.45, 2.75) is 0 Å². The first-order chi connectivity index (χ1) is 43.0. The van der Waals surface area contributed by atoms with Gasteiger partial charge in [0.2, 0.25) is 0 Å². The first kappa shape index (κ1) is 54.6. The number of ether oxygens (including phenoxy) is 4. The van der Waals surface area contributed by atoms with Gasteiger partial charge in [-0.15, -0.1) is 0 Å². The van der Waals surface area contributed by atoms with E-state index < -0.39 is 23.6 Å². The van der Waals surface area contributed by atoms with Crippen molar-refractivity contribution in [3.8, 4) is 69.7 Å². The molecule has 2 heterocycles. The van der Waals surface area contributed by atoms with Crippen LogP contribution in [0.1, 0.15) is 95.5 Å².